The van der Waals surface area contributed by atoms with Crippen molar-refractivity contribution in [2.75, 3.05) is 14.1 Å². The predicted molar refractivity (Wildman–Crippen MR) is 91.7 cm³/mol. The summed E-state index contributed by atoms with van der Waals surface area (Å²) in [5.74, 6) is -0.154. The van der Waals surface area contributed by atoms with Gasteiger partial charge in [0.05, 0.1) is 12.5 Å². The Kier molecular flexibility index (Phi) is 6.32. The molecule has 0 spiro atoms. The van der Waals surface area contributed by atoms with Crippen molar-refractivity contribution in [3.05, 3.63) is 71.3 Å². The summed E-state index contributed by atoms with van der Waals surface area (Å²) < 4.78 is 0. The Bertz CT molecular complexity index is 609. The van der Waals surface area contributed by atoms with Gasteiger partial charge >= 0.3 is 0 Å². The van der Waals surface area contributed by atoms with E-state index < -0.39 is 6.10 Å². The Morgan fingerprint density at radius 3 is 2.26 bits per heavy atom. The van der Waals surface area contributed by atoms with Crippen LogP contribution in [0.5, 0.6) is 0 Å². The summed E-state index contributed by atoms with van der Waals surface area (Å²) >= 11 is 0. The molecule has 0 aromatic heterocycles. The van der Waals surface area contributed by atoms with Crippen LogP contribution >= 0.6 is 0 Å². The molecular formula is C19H24N2O2. The minimum Gasteiger partial charge on any atom is -0.388 e. The topological polar surface area (TPSA) is 52.6 Å². The number of nitrogens with one attached hydrogen (secondary N) is 1. The Hall–Kier alpha value is -2.17. The fourth-order valence-corrected chi connectivity index (χ4v) is 2.37. The third-order valence-corrected chi connectivity index (χ3v) is 3.57. The van der Waals surface area contributed by atoms with Crippen LogP contribution < -0.4 is 5.32 Å². The number of aliphatic hydroxyl groups excluding tert-OH is 1. The molecule has 0 aliphatic carbocycles. The minimum atomic E-state index is -0.765. The molecule has 0 bridgehead atoms. The molecule has 0 fully saturated rings. The number of hydrogen-bond donors (Lipinski definition) is 2. The molecule has 23 heavy (non-hydrogen) atoms. The molecular weight excluding hydrogens is 288 g/mol. The monoisotopic (exact) mass is 312 g/mol. The molecule has 1 atom stereocenters. The average molecular weight is 312 g/mol. The Labute approximate surface area is 137 Å². The molecule has 0 saturated heterocycles. The van der Waals surface area contributed by atoms with Gasteiger partial charge in [-0.15, -0.1) is 0 Å². The van der Waals surface area contributed by atoms with Crippen LogP contribution in [0, 0.1) is 0 Å². The van der Waals surface area contributed by atoms with Gasteiger partial charge in [0, 0.05) is 13.1 Å². The van der Waals surface area contributed by atoms with E-state index in [1.165, 1.54) is 5.56 Å². The maximum absolute atomic E-state index is 11.9. The van der Waals surface area contributed by atoms with E-state index in [9.17, 15) is 9.90 Å². The maximum atomic E-state index is 11.9. The molecule has 0 heterocycles. The molecule has 0 saturated carbocycles. The molecule has 2 aromatic carbocycles. The lowest BCUT2D eigenvalue weighted by molar-refractivity contribution is -0.123. The standard InChI is InChI=1S/C19H24N2O2/c1-21(2)14-16-10-8-15(9-11-16)13-20-19(23)12-18(22)17-6-4-3-5-7-17/h3-11,18,22H,12-14H2,1-2H3,(H,20,23). The van der Waals surface area contributed by atoms with Crippen molar-refractivity contribution in [1.29, 1.82) is 0 Å². The summed E-state index contributed by atoms with van der Waals surface area (Å²) in [5.41, 5.74) is 3.05. The van der Waals surface area contributed by atoms with Crippen molar-refractivity contribution in [3.63, 3.8) is 0 Å². The second kappa shape index (κ2) is 8.46. The number of carbonyl (C=O) groups excluding carboxylic acids is 1. The average Bonchev–Trinajstić information content (AvgIpc) is 2.54. The van der Waals surface area contributed by atoms with Gasteiger partial charge in [-0.1, -0.05) is 54.6 Å². The van der Waals surface area contributed by atoms with Crippen LogP contribution in [0.15, 0.2) is 54.6 Å². The molecule has 4 heteroatoms. The van der Waals surface area contributed by atoms with E-state index in [1.807, 2.05) is 56.6 Å². The molecule has 2 aromatic rings. The van der Waals surface area contributed by atoms with E-state index in [-0.39, 0.29) is 12.3 Å². The van der Waals surface area contributed by atoms with Crippen molar-refractivity contribution >= 4 is 5.91 Å². The molecule has 2 rings (SSSR count). The summed E-state index contributed by atoms with van der Waals surface area (Å²) in [7, 11) is 4.07. The SMILES string of the molecule is CN(C)Cc1ccc(CNC(=O)CC(O)c2ccccc2)cc1. The molecule has 1 unspecified atom stereocenters. The quantitative estimate of drug-likeness (QED) is 0.826. The van der Waals surface area contributed by atoms with Crippen LogP contribution in [-0.4, -0.2) is 30.0 Å². The summed E-state index contributed by atoms with van der Waals surface area (Å²) in [6.45, 7) is 1.37. The highest BCUT2D eigenvalue weighted by Gasteiger charge is 2.12. The predicted octanol–water partition coefficient (Wildman–Crippen LogP) is 2.49. The number of rotatable bonds is 7. The van der Waals surface area contributed by atoms with Gasteiger partial charge in [-0.2, -0.15) is 0 Å². The molecule has 2 N–H and O–H groups in total. The fraction of sp³-hybridized carbons (Fsp3) is 0.316. The zero-order valence-electron chi connectivity index (χ0n) is 13.7. The molecule has 122 valence electrons. The highest BCUT2D eigenvalue weighted by molar-refractivity contribution is 5.76. The van der Waals surface area contributed by atoms with Crippen molar-refractivity contribution in [3.8, 4) is 0 Å². The van der Waals surface area contributed by atoms with Gasteiger partial charge in [0.25, 0.3) is 0 Å². The van der Waals surface area contributed by atoms with Crippen LogP contribution in [-0.2, 0) is 17.9 Å². The second-order valence-electron chi connectivity index (χ2n) is 5.96. The summed E-state index contributed by atoms with van der Waals surface area (Å²) in [6.07, 6.45) is -0.693. The number of amides is 1. The normalized spacial score (nSPS) is 12.2. The van der Waals surface area contributed by atoms with Crippen LogP contribution in [0.3, 0.4) is 0 Å². The van der Waals surface area contributed by atoms with Crippen LogP contribution in [0.2, 0.25) is 0 Å². The zero-order chi connectivity index (χ0) is 16.7. The lowest BCUT2D eigenvalue weighted by Gasteiger charge is -2.12. The van der Waals surface area contributed by atoms with Gasteiger partial charge in [0.1, 0.15) is 0 Å². The molecule has 0 aliphatic heterocycles. The van der Waals surface area contributed by atoms with Gasteiger partial charge in [-0.3, -0.25) is 4.79 Å². The van der Waals surface area contributed by atoms with Crippen LogP contribution in [0.25, 0.3) is 0 Å². The lowest BCUT2D eigenvalue weighted by Crippen LogP contribution is -2.24. The first-order valence-corrected chi connectivity index (χ1v) is 7.77. The van der Waals surface area contributed by atoms with Gasteiger partial charge in [-0.25, -0.2) is 0 Å². The van der Waals surface area contributed by atoms with E-state index in [0.29, 0.717) is 6.54 Å². The van der Waals surface area contributed by atoms with E-state index in [4.69, 9.17) is 0 Å². The Morgan fingerprint density at radius 1 is 1.04 bits per heavy atom. The first kappa shape index (κ1) is 17.2. The van der Waals surface area contributed by atoms with Crippen LogP contribution in [0.4, 0.5) is 0 Å². The minimum absolute atomic E-state index is 0.0721. The Morgan fingerprint density at radius 2 is 1.65 bits per heavy atom. The zero-order valence-corrected chi connectivity index (χ0v) is 13.7. The first-order valence-electron chi connectivity index (χ1n) is 7.77. The third-order valence-electron chi connectivity index (χ3n) is 3.57. The van der Waals surface area contributed by atoms with E-state index in [2.05, 4.69) is 22.3 Å². The molecule has 1 amide bonds. The van der Waals surface area contributed by atoms with Crippen LogP contribution in [0.1, 0.15) is 29.2 Å². The van der Waals surface area contributed by atoms with E-state index in [1.54, 1.807) is 0 Å². The molecule has 4 nitrogen and oxygen atoms in total. The number of hydrogen-bond acceptors (Lipinski definition) is 3. The van der Waals surface area contributed by atoms with Gasteiger partial charge < -0.3 is 15.3 Å². The first-order chi connectivity index (χ1) is 11.0. The maximum Gasteiger partial charge on any atom is 0.223 e. The fourth-order valence-electron chi connectivity index (χ4n) is 2.37. The number of benzene rings is 2. The van der Waals surface area contributed by atoms with Gasteiger partial charge in [0.15, 0.2) is 0 Å². The van der Waals surface area contributed by atoms with E-state index in [0.717, 1.165) is 17.7 Å². The molecule has 0 radical (unpaired) electrons. The Balaban J connectivity index is 1.80. The second-order valence-corrected chi connectivity index (χ2v) is 5.96. The third kappa shape index (κ3) is 5.85. The summed E-state index contributed by atoms with van der Waals surface area (Å²) in [6, 6.07) is 17.4. The molecule has 0 aliphatic rings. The largest absolute Gasteiger partial charge is 0.388 e. The number of aliphatic hydroxyl groups is 1. The number of nitrogens with zero attached hydrogens (tertiary/aromatic N) is 1. The van der Waals surface area contributed by atoms with Crippen molar-refractivity contribution < 1.29 is 9.90 Å². The number of carbonyl (C=O) groups is 1. The van der Waals surface area contributed by atoms with E-state index >= 15 is 0 Å². The van der Waals surface area contributed by atoms with Gasteiger partial charge in [0.2, 0.25) is 5.91 Å². The summed E-state index contributed by atoms with van der Waals surface area (Å²) in [4.78, 5) is 14.0. The smallest absolute Gasteiger partial charge is 0.223 e. The lowest BCUT2D eigenvalue weighted by atomic mass is 10.1. The van der Waals surface area contributed by atoms with Gasteiger partial charge in [-0.05, 0) is 30.8 Å². The summed E-state index contributed by atoms with van der Waals surface area (Å²) in [5, 5.41) is 12.9. The van der Waals surface area contributed by atoms with Crippen molar-refractivity contribution in [2.45, 2.75) is 25.6 Å². The highest BCUT2D eigenvalue weighted by atomic mass is 16.3. The van der Waals surface area contributed by atoms with Crippen molar-refractivity contribution in [2.24, 2.45) is 0 Å². The highest BCUT2D eigenvalue weighted by Crippen LogP contribution is 2.15. The van der Waals surface area contributed by atoms with Crippen molar-refractivity contribution in [1.82, 2.24) is 10.2 Å².